The highest BCUT2D eigenvalue weighted by Crippen LogP contribution is 2.51. The summed E-state index contributed by atoms with van der Waals surface area (Å²) in [5.74, 6) is -2.20. The van der Waals surface area contributed by atoms with Gasteiger partial charge < -0.3 is 9.84 Å². The Hall–Kier alpha value is -2.08. The summed E-state index contributed by atoms with van der Waals surface area (Å²) >= 11 is 5.93. The Morgan fingerprint density at radius 2 is 2.04 bits per heavy atom. The third-order valence-electron chi connectivity index (χ3n) is 5.26. The van der Waals surface area contributed by atoms with Gasteiger partial charge in [0.25, 0.3) is 0 Å². The van der Waals surface area contributed by atoms with Crippen LogP contribution in [0.1, 0.15) is 37.7 Å². The molecule has 0 saturated heterocycles. The fraction of sp³-hybridized carbons (Fsp3) is 0.500. The van der Waals surface area contributed by atoms with E-state index in [4.69, 9.17) is 16.3 Å². The zero-order chi connectivity index (χ0) is 18.1. The molecule has 7 heteroatoms. The van der Waals surface area contributed by atoms with Gasteiger partial charge in [0.15, 0.2) is 0 Å². The number of halogens is 1. The Kier molecular flexibility index (Phi) is 4.99. The largest absolute Gasteiger partial charge is 0.511 e. The second-order valence-electron chi connectivity index (χ2n) is 6.53. The average Bonchev–Trinajstić information content (AvgIpc) is 3.05. The van der Waals surface area contributed by atoms with Crippen molar-refractivity contribution in [1.82, 2.24) is 0 Å². The van der Waals surface area contributed by atoms with Gasteiger partial charge in [-0.1, -0.05) is 30.2 Å². The van der Waals surface area contributed by atoms with Crippen LogP contribution in [0.4, 0.5) is 0 Å². The fourth-order valence-electron chi connectivity index (χ4n) is 4.27. The number of hydrogen-bond acceptors (Lipinski definition) is 5. The minimum atomic E-state index is -0.969. The fourth-order valence-corrected chi connectivity index (χ4v) is 4.39. The normalized spacial score (nSPS) is 28.6. The van der Waals surface area contributed by atoms with Crippen LogP contribution in [-0.4, -0.2) is 28.6 Å². The molecule has 3 rings (SSSR count). The van der Waals surface area contributed by atoms with Crippen molar-refractivity contribution in [1.29, 1.82) is 0 Å². The molecule has 25 heavy (non-hydrogen) atoms. The Morgan fingerprint density at radius 1 is 1.36 bits per heavy atom. The number of aliphatic hydroxyl groups excluding tert-OH is 1. The van der Waals surface area contributed by atoms with Crippen LogP contribution in [0.5, 0.6) is 0 Å². The second kappa shape index (κ2) is 7.04. The number of rotatable bonds is 4. The molecule has 0 heterocycles. The smallest absolute Gasteiger partial charge is 0.338 e. The minimum Gasteiger partial charge on any atom is -0.511 e. The number of allylic oxidation sites excluding steroid dienone is 1. The van der Waals surface area contributed by atoms with Crippen molar-refractivity contribution in [2.75, 3.05) is 6.61 Å². The number of carbonyl (C=O) groups excluding carboxylic acids is 1. The van der Waals surface area contributed by atoms with E-state index in [-0.39, 0.29) is 34.7 Å². The summed E-state index contributed by atoms with van der Waals surface area (Å²) in [4.78, 5) is 24.1. The van der Waals surface area contributed by atoms with Crippen molar-refractivity contribution in [2.45, 2.75) is 38.1 Å². The molecule has 0 spiro atoms. The maximum absolute atomic E-state index is 12.5. The molecule has 1 saturated carbocycles. The number of benzene rings is 1. The highest BCUT2D eigenvalue weighted by Gasteiger charge is 2.55. The van der Waals surface area contributed by atoms with Crippen LogP contribution < -0.4 is 0 Å². The lowest BCUT2D eigenvalue weighted by Crippen LogP contribution is -2.44. The van der Waals surface area contributed by atoms with Crippen molar-refractivity contribution in [2.24, 2.45) is 11.8 Å². The van der Waals surface area contributed by atoms with E-state index in [2.05, 4.69) is 0 Å². The summed E-state index contributed by atoms with van der Waals surface area (Å²) in [7, 11) is 0. The summed E-state index contributed by atoms with van der Waals surface area (Å²) in [5, 5.41) is 23.2. The number of nitro groups is 1. The van der Waals surface area contributed by atoms with Crippen LogP contribution in [-0.2, 0) is 9.53 Å². The first-order chi connectivity index (χ1) is 12.0. The van der Waals surface area contributed by atoms with Gasteiger partial charge in [-0.25, -0.2) is 4.79 Å². The number of hydrogen-bond donors (Lipinski definition) is 1. The van der Waals surface area contributed by atoms with E-state index in [1.807, 2.05) is 0 Å². The Bertz CT molecular complexity index is 715. The molecule has 6 nitrogen and oxygen atoms in total. The van der Waals surface area contributed by atoms with Gasteiger partial charge in [-0.05, 0) is 37.5 Å². The van der Waals surface area contributed by atoms with Gasteiger partial charge in [0.1, 0.15) is 5.76 Å². The van der Waals surface area contributed by atoms with Crippen LogP contribution >= 0.6 is 11.6 Å². The summed E-state index contributed by atoms with van der Waals surface area (Å²) in [6.07, 6.45) is 2.12. The Labute approximate surface area is 150 Å². The van der Waals surface area contributed by atoms with Crippen molar-refractivity contribution in [3.8, 4) is 0 Å². The van der Waals surface area contributed by atoms with E-state index < -0.39 is 17.9 Å². The number of nitrogens with zero attached hydrogens (tertiary/aromatic N) is 1. The number of fused-ring (bicyclic) bond motifs is 1. The van der Waals surface area contributed by atoms with Gasteiger partial charge in [-0.3, -0.25) is 10.1 Å². The lowest BCUT2D eigenvalue weighted by atomic mass is 9.69. The molecule has 4 atom stereocenters. The van der Waals surface area contributed by atoms with Crippen LogP contribution in [0, 0.1) is 22.0 Å². The van der Waals surface area contributed by atoms with E-state index in [9.17, 15) is 20.0 Å². The molecule has 0 bridgehead atoms. The highest BCUT2D eigenvalue weighted by molar-refractivity contribution is 6.30. The predicted octanol–water partition coefficient (Wildman–Crippen LogP) is 3.87. The number of ether oxygens (including phenoxy) is 1. The molecule has 1 aromatic rings. The van der Waals surface area contributed by atoms with Gasteiger partial charge in [-0.2, -0.15) is 0 Å². The maximum atomic E-state index is 12.5. The molecule has 1 aromatic carbocycles. The minimum absolute atomic E-state index is 0.0222. The predicted molar refractivity (Wildman–Crippen MR) is 92.1 cm³/mol. The molecule has 1 fully saturated rings. The summed E-state index contributed by atoms with van der Waals surface area (Å²) in [5.41, 5.74) is 0.611. The molecule has 134 valence electrons. The number of carbonyl (C=O) groups is 1. The van der Waals surface area contributed by atoms with E-state index in [0.29, 0.717) is 23.4 Å². The van der Waals surface area contributed by atoms with Crippen LogP contribution in [0.2, 0.25) is 5.02 Å². The molecule has 2 aliphatic rings. The van der Waals surface area contributed by atoms with Crippen LogP contribution in [0.15, 0.2) is 35.6 Å². The molecule has 0 amide bonds. The van der Waals surface area contributed by atoms with E-state index in [1.165, 1.54) is 0 Å². The summed E-state index contributed by atoms with van der Waals surface area (Å²) in [6.45, 7) is 1.80. The van der Waals surface area contributed by atoms with Gasteiger partial charge in [0, 0.05) is 21.8 Å². The number of aliphatic hydroxyl groups is 1. The van der Waals surface area contributed by atoms with Crippen LogP contribution in [0.25, 0.3) is 0 Å². The summed E-state index contributed by atoms with van der Waals surface area (Å²) < 4.78 is 5.10. The zero-order valence-corrected chi connectivity index (χ0v) is 14.6. The van der Waals surface area contributed by atoms with Crippen molar-refractivity contribution in [3.05, 3.63) is 56.3 Å². The monoisotopic (exact) mass is 365 g/mol. The van der Waals surface area contributed by atoms with Crippen LogP contribution in [0.3, 0.4) is 0 Å². The molecule has 1 N–H and O–H groups in total. The average molecular weight is 366 g/mol. The van der Waals surface area contributed by atoms with E-state index in [0.717, 1.165) is 6.42 Å². The Balaban J connectivity index is 2.17. The van der Waals surface area contributed by atoms with Crippen molar-refractivity contribution in [3.63, 3.8) is 0 Å². The highest BCUT2D eigenvalue weighted by atomic mass is 35.5. The number of esters is 1. The molecule has 0 unspecified atom stereocenters. The first-order valence-electron chi connectivity index (χ1n) is 8.44. The van der Waals surface area contributed by atoms with Gasteiger partial charge in [0.05, 0.1) is 18.1 Å². The topological polar surface area (TPSA) is 89.7 Å². The molecular weight excluding hydrogens is 346 g/mol. The molecule has 0 radical (unpaired) electrons. The molecular formula is C18H20ClNO5. The molecule has 0 aromatic heterocycles. The first-order valence-corrected chi connectivity index (χ1v) is 8.82. The van der Waals surface area contributed by atoms with Crippen molar-refractivity contribution < 1.29 is 19.6 Å². The lowest BCUT2D eigenvalue weighted by Gasteiger charge is -2.35. The quantitative estimate of drug-likeness (QED) is 0.497. The SMILES string of the molecule is CCOC(=O)C1=C(O)[C@H]2CCC[C@H]2[C@H]([N+](=O)[O-])[C@@H]1c1ccc(Cl)cc1. The third kappa shape index (κ3) is 3.11. The van der Waals surface area contributed by atoms with Gasteiger partial charge in [0.2, 0.25) is 6.04 Å². The van der Waals surface area contributed by atoms with Gasteiger partial charge >= 0.3 is 5.97 Å². The van der Waals surface area contributed by atoms with E-state index >= 15 is 0 Å². The Morgan fingerprint density at radius 3 is 2.64 bits per heavy atom. The lowest BCUT2D eigenvalue weighted by molar-refractivity contribution is -0.537. The first kappa shape index (κ1) is 17.7. The zero-order valence-electron chi connectivity index (χ0n) is 13.9. The van der Waals surface area contributed by atoms with Gasteiger partial charge in [-0.15, -0.1) is 0 Å². The third-order valence-corrected chi connectivity index (χ3v) is 5.51. The standard InChI is InChI=1S/C18H20ClNO5/c1-2-25-18(22)15-14(10-6-8-11(19)9-7-10)16(20(23)24)12-4-3-5-13(12)17(15)21/h6-9,12-14,16,21H,2-5H2,1H3/t12-,13+,14-,16+/m1/s1. The second-order valence-corrected chi connectivity index (χ2v) is 6.96. The molecule has 2 aliphatic carbocycles. The summed E-state index contributed by atoms with van der Waals surface area (Å²) in [6, 6.07) is 5.64. The maximum Gasteiger partial charge on any atom is 0.338 e. The van der Waals surface area contributed by atoms with E-state index in [1.54, 1.807) is 31.2 Å². The van der Waals surface area contributed by atoms with Crippen molar-refractivity contribution >= 4 is 17.6 Å². The molecule has 0 aliphatic heterocycles.